The third-order valence-corrected chi connectivity index (χ3v) is 5.46. The molecule has 0 aliphatic heterocycles. The predicted molar refractivity (Wildman–Crippen MR) is 120 cm³/mol. The number of rotatable bonds is 6. The number of halogens is 1. The van der Waals surface area contributed by atoms with Crippen molar-refractivity contribution in [1.29, 1.82) is 0 Å². The summed E-state index contributed by atoms with van der Waals surface area (Å²) in [7, 11) is 0. The van der Waals surface area contributed by atoms with Crippen molar-refractivity contribution in [2.75, 3.05) is 6.54 Å². The van der Waals surface area contributed by atoms with E-state index >= 15 is 0 Å². The Hall–Kier alpha value is -3.20. The van der Waals surface area contributed by atoms with Crippen LogP contribution in [-0.2, 0) is 12.8 Å². The van der Waals surface area contributed by atoms with E-state index in [9.17, 15) is 4.39 Å². The lowest BCUT2D eigenvalue weighted by Crippen LogP contribution is -1.98. The van der Waals surface area contributed by atoms with Crippen LogP contribution in [0.25, 0.3) is 22.0 Å². The molecular weight excluding hydrogens is 359 g/mol. The van der Waals surface area contributed by atoms with Gasteiger partial charge in [-0.3, -0.25) is 4.99 Å². The summed E-state index contributed by atoms with van der Waals surface area (Å²) in [6.07, 6.45) is 4.04. The van der Waals surface area contributed by atoms with Gasteiger partial charge in [-0.1, -0.05) is 55.5 Å². The number of aliphatic imine (C=N–C) groups is 1. The summed E-state index contributed by atoms with van der Waals surface area (Å²) >= 11 is 0. The van der Waals surface area contributed by atoms with E-state index in [1.807, 2.05) is 37.3 Å². The van der Waals surface area contributed by atoms with Crippen LogP contribution >= 0.6 is 0 Å². The minimum Gasteiger partial charge on any atom is -0.361 e. The van der Waals surface area contributed by atoms with Gasteiger partial charge in [0.15, 0.2) is 0 Å². The Kier molecular flexibility index (Phi) is 5.57. The van der Waals surface area contributed by atoms with Crippen molar-refractivity contribution in [3.05, 3.63) is 95.4 Å². The standard InChI is InChI=1S/C26H25FN2/c1-3-19-8-13-26-24(16-19)22(17-29-26)14-15-28-18(2)20-9-11-21(12-10-20)23-6-4-5-7-25(23)27/h4-13,16-17,29H,3,14-15H2,1-2H3. The molecule has 2 nitrogen and oxygen atoms in total. The van der Waals surface area contributed by atoms with Gasteiger partial charge in [-0.05, 0) is 60.2 Å². The Morgan fingerprint density at radius 3 is 2.55 bits per heavy atom. The number of fused-ring (bicyclic) bond motifs is 1. The number of aryl methyl sites for hydroxylation is 1. The van der Waals surface area contributed by atoms with Crippen molar-refractivity contribution in [3.63, 3.8) is 0 Å². The van der Waals surface area contributed by atoms with Gasteiger partial charge >= 0.3 is 0 Å². The van der Waals surface area contributed by atoms with Gasteiger partial charge in [-0.2, -0.15) is 0 Å². The minimum atomic E-state index is -0.199. The molecule has 0 amide bonds. The summed E-state index contributed by atoms with van der Waals surface area (Å²) in [5, 5.41) is 1.30. The summed E-state index contributed by atoms with van der Waals surface area (Å²) in [4.78, 5) is 8.12. The maximum atomic E-state index is 14.0. The first-order valence-electron chi connectivity index (χ1n) is 10.1. The van der Waals surface area contributed by atoms with Crippen molar-refractivity contribution in [2.45, 2.75) is 26.7 Å². The van der Waals surface area contributed by atoms with Crippen molar-refractivity contribution in [2.24, 2.45) is 4.99 Å². The molecule has 3 aromatic carbocycles. The van der Waals surface area contributed by atoms with E-state index in [1.165, 1.54) is 28.1 Å². The average Bonchev–Trinajstić information content (AvgIpc) is 3.16. The fourth-order valence-corrected chi connectivity index (χ4v) is 3.67. The molecule has 0 saturated heterocycles. The monoisotopic (exact) mass is 384 g/mol. The van der Waals surface area contributed by atoms with Crippen LogP contribution in [0.5, 0.6) is 0 Å². The highest BCUT2D eigenvalue weighted by molar-refractivity contribution is 5.99. The van der Waals surface area contributed by atoms with Gasteiger partial charge in [0.25, 0.3) is 0 Å². The van der Waals surface area contributed by atoms with Crippen LogP contribution in [0.4, 0.5) is 4.39 Å². The number of aromatic nitrogens is 1. The van der Waals surface area contributed by atoms with Gasteiger partial charge in [0.1, 0.15) is 5.82 Å². The van der Waals surface area contributed by atoms with Gasteiger partial charge in [-0.25, -0.2) is 4.39 Å². The minimum absolute atomic E-state index is 0.199. The molecule has 0 aliphatic carbocycles. The number of hydrogen-bond donors (Lipinski definition) is 1. The molecule has 146 valence electrons. The van der Waals surface area contributed by atoms with Crippen LogP contribution in [0.2, 0.25) is 0 Å². The molecule has 0 atom stereocenters. The first kappa shape index (κ1) is 19.1. The van der Waals surface area contributed by atoms with Gasteiger partial charge in [0.2, 0.25) is 0 Å². The Morgan fingerprint density at radius 1 is 1.00 bits per heavy atom. The second-order valence-corrected chi connectivity index (χ2v) is 7.32. The third-order valence-electron chi connectivity index (χ3n) is 5.46. The second kappa shape index (κ2) is 8.44. The summed E-state index contributed by atoms with van der Waals surface area (Å²) in [6.45, 7) is 4.95. The lowest BCUT2D eigenvalue weighted by atomic mass is 10.0. The van der Waals surface area contributed by atoms with Crippen LogP contribution < -0.4 is 0 Å². The van der Waals surface area contributed by atoms with Crippen LogP contribution in [0, 0.1) is 5.82 Å². The number of benzene rings is 3. The van der Waals surface area contributed by atoms with E-state index in [4.69, 9.17) is 4.99 Å². The highest BCUT2D eigenvalue weighted by Crippen LogP contribution is 2.23. The van der Waals surface area contributed by atoms with E-state index in [1.54, 1.807) is 12.1 Å². The van der Waals surface area contributed by atoms with Crippen molar-refractivity contribution in [3.8, 4) is 11.1 Å². The van der Waals surface area contributed by atoms with Gasteiger partial charge in [0.05, 0.1) is 0 Å². The van der Waals surface area contributed by atoms with Gasteiger partial charge < -0.3 is 4.98 Å². The second-order valence-electron chi connectivity index (χ2n) is 7.32. The lowest BCUT2D eigenvalue weighted by Gasteiger charge is -2.06. The third kappa shape index (κ3) is 4.14. The SMILES string of the molecule is CCc1ccc2[nH]cc(CCN=C(C)c3ccc(-c4ccccc4F)cc3)c2c1. The Bertz CT molecular complexity index is 1150. The molecule has 0 aliphatic rings. The van der Waals surface area contributed by atoms with Crippen LogP contribution in [0.15, 0.2) is 77.9 Å². The van der Waals surface area contributed by atoms with E-state index in [2.05, 4.69) is 36.3 Å². The predicted octanol–water partition coefficient (Wildman–Crippen LogP) is 6.59. The molecule has 0 fully saturated rings. The number of hydrogen-bond acceptors (Lipinski definition) is 1. The highest BCUT2D eigenvalue weighted by atomic mass is 19.1. The fourth-order valence-electron chi connectivity index (χ4n) is 3.67. The van der Waals surface area contributed by atoms with Crippen molar-refractivity contribution < 1.29 is 4.39 Å². The molecule has 4 aromatic rings. The lowest BCUT2D eigenvalue weighted by molar-refractivity contribution is 0.631. The molecule has 0 bridgehead atoms. The topological polar surface area (TPSA) is 28.1 Å². The highest BCUT2D eigenvalue weighted by Gasteiger charge is 2.06. The molecule has 0 spiro atoms. The molecule has 1 heterocycles. The molecular formula is C26H25FN2. The normalized spacial score (nSPS) is 11.9. The molecule has 3 heteroatoms. The van der Waals surface area contributed by atoms with E-state index in [-0.39, 0.29) is 5.82 Å². The maximum absolute atomic E-state index is 14.0. The molecule has 4 rings (SSSR count). The van der Waals surface area contributed by atoms with E-state index < -0.39 is 0 Å². The molecule has 29 heavy (non-hydrogen) atoms. The summed E-state index contributed by atoms with van der Waals surface area (Å²) < 4.78 is 14.0. The zero-order valence-corrected chi connectivity index (χ0v) is 16.9. The summed E-state index contributed by atoms with van der Waals surface area (Å²) in [6, 6.07) is 21.4. The fraction of sp³-hybridized carbons (Fsp3) is 0.192. The Morgan fingerprint density at radius 2 is 1.79 bits per heavy atom. The summed E-state index contributed by atoms with van der Waals surface area (Å²) in [5.41, 5.74) is 7.41. The maximum Gasteiger partial charge on any atom is 0.131 e. The molecule has 1 aromatic heterocycles. The first-order valence-corrected chi connectivity index (χ1v) is 10.1. The number of nitrogens with one attached hydrogen (secondary N) is 1. The zero-order chi connectivity index (χ0) is 20.2. The first-order chi connectivity index (χ1) is 14.2. The van der Waals surface area contributed by atoms with Crippen LogP contribution in [0.1, 0.15) is 30.5 Å². The molecule has 0 unspecified atom stereocenters. The van der Waals surface area contributed by atoms with Gasteiger partial charge in [-0.15, -0.1) is 0 Å². The Balaban J connectivity index is 1.46. The van der Waals surface area contributed by atoms with Crippen molar-refractivity contribution in [1.82, 2.24) is 4.98 Å². The van der Waals surface area contributed by atoms with Gasteiger partial charge in [0, 0.05) is 34.9 Å². The quantitative estimate of drug-likeness (QED) is 0.363. The molecule has 0 saturated carbocycles. The number of aromatic amines is 1. The zero-order valence-electron chi connectivity index (χ0n) is 16.9. The summed E-state index contributed by atoms with van der Waals surface area (Å²) in [5.74, 6) is -0.199. The number of H-pyrrole nitrogens is 1. The largest absolute Gasteiger partial charge is 0.361 e. The average molecular weight is 384 g/mol. The van der Waals surface area contributed by atoms with E-state index in [0.29, 0.717) is 5.56 Å². The molecule has 1 N–H and O–H groups in total. The van der Waals surface area contributed by atoms with Crippen LogP contribution in [-0.4, -0.2) is 17.2 Å². The Labute approximate surface area is 171 Å². The smallest absolute Gasteiger partial charge is 0.131 e. The van der Waals surface area contributed by atoms with Crippen LogP contribution in [0.3, 0.4) is 0 Å². The van der Waals surface area contributed by atoms with E-state index in [0.717, 1.165) is 36.2 Å². The van der Waals surface area contributed by atoms with Crippen molar-refractivity contribution >= 4 is 16.6 Å². The number of nitrogens with zero attached hydrogens (tertiary/aromatic N) is 1. The molecule has 0 radical (unpaired) electrons.